The van der Waals surface area contributed by atoms with E-state index in [1.165, 1.54) is 6.08 Å². The molecule has 0 aliphatic rings. The summed E-state index contributed by atoms with van der Waals surface area (Å²) >= 11 is 6.27. The average Bonchev–Trinajstić information content (AvgIpc) is 3.40. The fraction of sp³-hybridized carbons (Fsp3) is 0.320. The molecule has 34 heavy (non-hydrogen) atoms. The van der Waals surface area contributed by atoms with Crippen molar-refractivity contribution in [2.45, 2.75) is 40.8 Å². The van der Waals surface area contributed by atoms with Gasteiger partial charge in [-0.25, -0.2) is 0 Å². The largest absolute Gasteiger partial charge is 0.454 e. The number of hydrogen-bond donors (Lipinski definition) is 2. The van der Waals surface area contributed by atoms with Crippen LogP contribution in [-0.4, -0.2) is 39.6 Å². The Hall–Kier alpha value is -3.36. The quantitative estimate of drug-likeness (QED) is 0.353. The molecule has 0 aliphatic heterocycles. The van der Waals surface area contributed by atoms with Gasteiger partial charge in [-0.3, -0.25) is 30.0 Å². The van der Waals surface area contributed by atoms with E-state index in [4.69, 9.17) is 16.0 Å². The lowest BCUT2D eigenvalue weighted by molar-refractivity contribution is -0.117. The summed E-state index contributed by atoms with van der Waals surface area (Å²) < 4.78 is 7.44. The van der Waals surface area contributed by atoms with E-state index >= 15 is 0 Å². The molecule has 0 spiro atoms. The number of aryl methyl sites for hydroxylation is 1. The van der Waals surface area contributed by atoms with E-state index in [2.05, 4.69) is 34.7 Å². The first kappa shape index (κ1) is 25.3. The standard InChI is InChI=1S/C25H30ClN5O3/c1-5-30(6-2)16-20-11-13-23(34-20)25(33)28-27-24(32)14-12-21-17(3)29-31(18(21)4)15-19-9-7-8-10-22(19)26/h7-14H,5-6,15-16H2,1-4H3,(H,27,32)(H,28,33)/b14-12+. The lowest BCUT2D eigenvalue weighted by Gasteiger charge is -2.15. The topological polar surface area (TPSA) is 92.4 Å². The van der Waals surface area contributed by atoms with E-state index < -0.39 is 11.8 Å². The van der Waals surface area contributed by atoms with Crippen molar-refractivity contribution in [1.82, 2.24) is 25.5 Å². The highest BCUT2D eigenvalue weighted by Gasteiger charge is 2.14. The molecule has 0 bridgehead atoms. The van der Waals surface area contributed by atoms with E-state index in [1.807, 2.05) is 42.8 Å². The number of carbonyl (C=O) groups excluding carboxylic acids is 2. The Morgan fingerprint density at radius 1 is 1.12 bits per heavy atom. The Kier molecular flexibility index (Phi) is 8.67. The molecule has 2 heterocycles. The van der Waals surface area contributed by atoms with Crippen LogP contribution in [0.25, 0.3) is 6.08 Å². The number of halogens is 1. The monoisotopic (exact) mass is 483 g/mol. The van der Waals surface area contributed by atoms with Gasteiger partial charge in [0.15, 0.2) is 5.76 Å². The fourth-order valence-electron chi connectivity index (χ4n) is 3.53. The number of hydrazine groups is 1. The molecule has 1 aromatic carbocycles. The minimum absolute atomic E-state index is 0.138. The molecule has 0 radical (unpaired) electrons. The molecular weight excluding hydrogens is 454 g/mol. The molecule has 8 nitrogen and oxygen atoms in total. The van der Waals surface area contributed by atoms with Crippen LogP contribution in [-0.2, 0) is 17.9 Å². The number of carbonyl (C=O) groups is 2. The Balaban J connectivity index is 1.57. The Morgan fingerprint density at radius 3 is 2.56 bits per heavy atom. The van der Waals surface area contributed by atoms with Crippen molar-refractivity contribution in [2.24, 2.45) is 0 Å². The third kappa shape index (κ3) is 6.36. The van der Waals surface area contributed by atoms with Gasteiger partial charge in [0.25, 0.3) is 5.91 Å². The number of nitrogens with one attached hydrogen (secondary N) is 2. The molecule has 0 saturated heterocycles. The van der Waals surface area contributed by atoms with Crippen LogP contribution in [0.4, 0.5) is 0 Å². The first-order valence-electron chi connectivity index (χ1n) is 11.2. The first-order valence-corrected chi connectivity index (χ1v) is 11.6. The van der Waals surface area contributed by atoms with Gasteiger partial charge in [-0.05, 0) is 56.8 Å². The van der Waals surface area contributed by atoms with Gasteiger partial charge in [0.05, 0.1) is 18.8 Å². The fourth-order valence-corrected chi connectivity index (χ4v) is 3.72. The van der Waals surface area contributed by atoms with Crippen LogP contribution in [0.3, 0.4) is 0 Å². The van der Waals surface area contributed by atoms with Crippen LogP contribution in [0.1, 0.15) is 52.7 Å². The summed E-state index contributed by atoms with van der Waals surface area (Å²) in [6, 6.07) is 11.0. The zero-order chi connectivity index (χ0) is 24.7. The van der Waals surface area contributed by atoms with Crippen molar-refractivity contribution >= 4 is 29.5 Å². The molecule has 0 atom stereocenters. The maximum Gasteiger partial charge on any atom is 0.305 e. The van der Waals surface area contributed by atoms with Crippen molar-refractivity contribution in [2.75, 3.05) is 13.1 Å². The lowest BCUT2D eigenvalue weighted by atomic mass is 10.1. The number of furan rings is 1. The van der Waals surface area contributed by atoms with Gasteiger partial charge in [-0.2, -0.15) is 5.10 Å². The van der Waals surface area contributed by atoms with Crippen molar-refractivity contribution in [3.05, 3.63) is 81.5 Å². The smallest absolute Gasteiger partial charge is 0.305 e. The zero-order valence-corrected chi connectivity index (χ0v) is 20.6. The van der Waals surface area contributed by atoms with E-state index in [0.717, 1.165) is 35.6 Å². The van der Waals surface area contributed by atoms with E-state index in [0.29, 0.717) is 23.9 Å². The van der Waals surface area contributed by atoms with E-state index in [9.17, 15) is 9.59 Å². The summed E-state index contributed by atoms with van der Waals surface area (Å²) in [6.45, 7) is 10.9. The lowest BCUT2D eigenvalue weighted by Crippen LogP contribution is -2.40. The third-order valence-corrected chi connectivity index (χ3v) is 5.94. The molecule has 180 valence electrons. The Bertz CT molecular complexity index is 1180. The van der Waals surface area contributed by atoms with Crippen LogP contribution in [0.15, 0.2) is 46.9 Å². The van der Waals surface area contributed by atoms with Crippen LogP contribution in [0.2, 0.25) is 5.02 Å². The van der Waals surface area contributed by atoms with Gasteiger partial charge in [0.1, 0.15) is 5.76 Å². The molecule has 2 amide bonds. The summed E-state index contributed by atoms with van der Waals surface area (Å²) in [4.78, 5) is 26.7. The number of benzene rings is 1. The Labute approximate surface area is 204 Å². The molecule has 0 saturated carbocycles. The highest BCUT2D eigenvalue weighted by atomic mass is 35.5. The van der Waals surface area contributed by atoms with Gasteiger partial charge in [0.2, 0.25) is 0 Å². The third-order valence-electron chi connectivity index (χ3n) is 5.58. The normalized spacial score (nSPS) is 11.4. The van der Waals surface area contributed by atoms with Crippen LogP contribution >= 0.6 is 11.6 Å². The highest BCUT2D eigenvalue weighted by Crippen LogP contribution is 2.20. The van der Waals surface area contributed by atoms with Gasteiger partial charge in [-0.1, -0.05) is 43.6 Å². The molecule has 0 aliphatic carbocycles. The SMILES string of the molecule is CCN(CC)Cc1ccc(C(=O)NNC(=O)/C=C/c2c(C)nn(Cc3ccccc3Cl)c2C)o1. The predicted molar refractivity (Wildman–Crippen MR) is 132 cm³/mol. The second kappa shape index (κ2) is 11.7. The maximum atomic E-state index is 12.3. The van der Waals surface area contributed by atoms with Gasteiger partial charge in [-0.15, -0.1) is 0 Å². The maximum absolute atomic E-state index is 12.3. The summed E-state index contributed by atoms with van der Waals surface area (Å²) in [5, 5.41) is 5.24. The zero-order valence-electron chi connectivity index (χ0n) is 19.9. The minimum atomic E-state index is -0.521. The summed E-state index contributed by atoms with van der Waals surface area (Å²) in [5.74, 6) is -0.160. The first-order chi connectivity index (χ1) is 16.3. The second-order valence-electron chi connectivity index (χ2n) is 7.84. The molecule has 3 rings (SSSR count). The van der Waals surface area contributed by atoms with E-state index in [-0.39, 0.29) is 5.76 Å². The molecule has 0 unspecified atom stereocenters. The summed E-state index contributed by atoms with van der Waals surface area (Å²) in [7, 11) is 0. The second-order valence-corrected chi connectivity index (χ2v) is 8.24. The van der Waals surface area contributed by atoms with Crippen LogP contribution in [0.5, 0.6) is 0 Å². The number of amides is 2. The molecule has 9 heteroatoms. The van der Waals surface area contributed by atoms with Crippen molar-refractivity contribution in [3.8, 4) is 0 Å². The van der Waals surface area contributed by atoms with Crippen molar-refractivity contribution in [3.63, 3.8) is 0 Å². The number of hydrogen-bond acceptors (Lipinski definition) is 5. The summed E-state index contributed by atoms with van der Waals surface area (Å²) in [6.07, 6.45) is 3.03. The van der Waals surface area contributed by atoms with Gasteiger partial charge in [0, 0.05) is 22.4 Å². The highest BCUT2D eigenvalue weighted by molar-refractivity contribution is 6.31. The average molecular weight is 484 g/mol. The minimum Gasteiger partial charge on any atom is -0.454 e. The number of aromatic nitrogens is 2. The van der Waals surface area contributed by atoms with Crippen molar-refractivity contribution in [1.29, 1.82) is 0 Å². The van der Waals surface area contributed by atoms with Gasteiger partial charge < -0.3 is 4.42 Å². The Morgan fingerprint density at radius 2 is 1.85 bits per heavy atom. The number of nitrogens with zero attached hydrogens (tertiary/aromatic N) is 3. The molecule has 2 N–H and O–H groups in total. The van der Waals surface area contributed by atoms with Crippen LogP contribution < -0.4 is 10.9 Å². The summed E-state index contributed by atoms with van der Waals surface area (Å²) in [5.41, 5.74) is 8.23. The molecule has 2 aromatic heterocycles. The molecule has 0 fully saturated rings. The van der Waals surface area contributed by atoms with Crippen molar-refractivity contribution < 1.29 is 14.0 Å². The predicted octanol–water partition coefficient (Wildman–Crippen LogP) is 4.11. The molecule has 3 aromatic rings. The van der Waals surface area contributed by atoms with E-state index in [1.54, 1.807) is 18.2 Å². The number of rotatable bonds is 9. The van der Waals surface area contributed by atoms with Crippen LogP contribution in [0, 0.1) is 13.8 Å². The molecular formula is C25H30ClN5O3. The van der Waals surface area contributed by atoms with Gasteiger partial charge >= 0.3 is 5.91 Å².